The van der Waals surface area contributed by atoms with Gasteiger partial charge >= 0.3 is 17.8 Å². The summed E-state index contributed by atoms with van der Waals surface area (Å²) in [4.78, 5) is 42.3. The summed E-state index contributed by atoms with van der Waals surface area (Å²) in [5.74, 6) is -1.90. The van der Waals surface area contributed by atoms with Gasteiger partial charge in [0.2, 0.25) is 0 Å². The minimum atomic E-state index is -4.98. The molecular weight excluding hydrogens is 586 g/mol. The van der Waals surface area contributed by atoms with Crippen LogP contribution in [0.3, 0.4) is 0 Å². The molecule has 3 aromatic rings. The minimum absolute atomic E-state index is 0.00773. The highest BCUT2D eigenvalue weighted by molar-refractivity contribution is 9.10. The summed E-state index contributed by atoms with van der Waals surface area (Å²) in [6.45, 7) is 0. The zero-order valence-corrected chi connectivity index (χ0v) is 21.8. The van der Waals surface area contributed by atoms with Crippen molar-refractivity contribution in [2.24, 2.45) is 7.05 Å². The van der Waals surface area contributed by atoms with Crippen LogP contribution < -0.4 is 20.7 Å². The molecule has 0 aliphatic rings. The number of hydroxylamine groups is 2. The number of amides is 1. The number of methoxy groups -OCH3 is 1. The second-order valence-corrected chi connectivity index (χ2v) is 8.38. The van der Waals surface area contributed by atoms with E-state index in [4.69, 9.17) is 19.0 Å². The monoisotopic (exact) mass is 605 g/mol. The predicted octanol–water partition coefficient (Wildman–Crippen LogP) is 3.62. The van der Waals surface area contributed by atoms with Crippen LogP contribution in [-0.4, -0.2) is 47.7 Å². The topological polar surface area (TPSA) is 101 Å². The van der Waals surface area contributed by atoms with Crippen molar-refractivity contribution in [3.05, 3.63) is 79.3 Å². The van der Waals surface area contributed by atoms with Crippen LogP contribution in [0.25, 0.3) is 5.69 Å². The van der Waals surface area contributed by atoms with Crippen molar-refractivity contribution in [1.29, 1.82) is 0 Å². The summed E-state index contributed by atoms with van der Waals surface area (Å²) in [6.07, 6.45) is -6.42. The molecule has 0 saturated carbocycles. The maximum atomic E-state index is 14.9. The van der Waals surface area contributed by atoms with Gasteiger partial charge in [0, 0.05) is 33.3 Å². The van der Waals surface area contributed by atoms with Crippen molar-refractivity contribution in [1.82, 2.24) is 14.2 Å². The molecule has 0 radical (unpaired) electrons. The Kier molecular flexibility index (Phi) is 8.64. The molecule has 1 heterocycles. The SMILES string of the molecule is COC(Oc1ccccc1Oc1cc(-n2c(=O)cc(C(F)(F)F)n(C)c2=O)c(F)cc1Br)C(=O)N(C)OC. The highest BCUT2D eigenvalue weighted by Gasteiger charge is 2.35. The molecule has 204 valence electrons. The van der Waals surface area contributed by atoms with Gasteiger partial charge in [-0.25, -0.2) is 18.8 Å². The van der Waals surface area contributed by atoms with Crippen LogP contribution in [0.2, 0.25) is 0 Å². The van der Waals surface area contributed by atoms with Crippen LogP contribution in [0.15, 0.2) is 56.5 Å². The molecule has 0 spiro atoms. The molecule has 0 fully saturated rings. The number of likely N-dealkylation sites (N-methyl/N-ethyl adjacent to an activating group) is 1. The molecule has 0 aliphatic carbocycles. The Hall–Kier alpha value is -3.69. The first-order chi connectivity index (χ1) is 17.8. The van der Waals surface area contributed by atoms with E-state index in [2.05, 4.69) is 15.9 Å². The number of nitrogens with zero attached hydrogens (tertiary/aromatic N) is 3. The number of benzene rings is 2. The largest absolute Gasteiger partial charge is 0.452 e. The summed E-state index contributed by atoms with van der Waals surface area (Å²) >= 11 is 3.11. The number of alkyl halides is 3. The van der Waals surface area contributed by atoms with Crippen molar-refractivity contribution in [2.45, 2.75) is 12.5 Å². The fraction of sp³-hybridized carbons (Fsp3) is 0.261. The fourth-order valence-electron chi connectivity index (χ4n) is 3.19. The number of carbonyl (C=O) groups excluding carboxylic acids is 1. The lowest BCUT2D eigenvalue weighted by molar-refractivity contribution is -0.194. The molecule has 3 rings (SSSR count). The summed E-state index contributed by atoms with van der Waals surface area (Å²) in [5.41, 5.74) is -4.98. The smallest absolute Gasteiger partial charge is 0.431 e. The van der Waals surface area contributed by atoms with Gasteiger partial charge in [0.05, 0.1) is 17.3 Å². The van der Waals surface area contributed by atoms with Crippen LogP contribution in [0, 0.1) is 5.82 Å². The van der Waals surface area contributed by atoms with Gasteiger partial charge < -0.3 is 14.2 Å². The number of hydrogen-bond acceptors (Lipinski definition) is 7. The van der Waals surface area contributed by atoms with E-state index < -0.39 is 46.8 Å². The van der Waals surface area contributed by atoms with Gasteiger partial charge in [0.25, 0.3) is 11.8 Å². The van der Waals surface area contributed by atoms with Gasteiger partial charge in [0.1, 0.15) is 17.3 Å². The maximum Gasteiger partial charge on any atom is 0.431 e. The van der Waals surface area contributed by atoms with Crippen LogP contribution >= 0.6 is 15.9 Å². The van der Waals surface area contributed by atoms with Crippen molar-refractivity contribution in [3.63, 3.8) is 0 Å². The minimum Gasteiger partial charge on any atom is -0.452 e. The molecule has 1 unspecified atom stereocenters. The van der Waals surface area contributed by atoms with Gasteiger partial charge in [0.15, 0.2) is 11.5 Å². The molecule has 38 heavy (non-hydrogen) atoms. The Balaban J connectivity index is 2.06. The molecule has 15 heteroatoms. The van der Waals surface area contributed by atoms with Crippen molar-refractivity contribution in [3.8, 4) is 22.9 Å². The van der Waals surface area contributed by atoms with E-state index in [1.165, 1.54) is 33.4 Å². The molecule has 0 saturated heterocycles. The van der Waals surface area contributed by atoms with Gasteiger partial charge in [-0.2, -0.15) is 13.2 Å². The molecule has 1 atom stereocenters. The molecule has 1 aromatic heterocycles. The van der Waals surface area contributed by atoms with Crippen LogP contribution in [-0.2, 0) is 27.6 Å². The second-order valence-electron chi connectivity index (χ2n) is 7.53. The number of aromatic nitrogens is 2. The standard InChI is InChI=1S/C23H20BrF4N3O7/c1-29-18(23(26,27)28)11-19(32)31(22(29)34)14-10-17(12(24)9-13(14)25)37-15-7-5-6-8-16(15)38-21(35-3)20(33)30(2)36-4/h5-11,21H,1-4H3. The molecule has 10 nitrogen and oxygen atoms in total. The van der Waals surface area contributed by atoms with E-state index in [9.17, 15) is 31.9 Å². The Labute approximate surface area is 220 Å². The number of rotatable bonds is 8. The number of hydrogen-bond donors (Lipinski definition) is 0. The summed E-state index contributed by atoms with van der Waals surface area (Å²) in [5, 5.41) is 0.878. The molecule has 1 amide bonds. The van der Waals surface area contributed by atoms with E-state index in [0.717, 1.165) is 24.2 Å². The lowest BCUT2D eigenvalue weighted by atomic mass is 10.2. The van der Waals surface area contributed by atoms with Crippen LogP contribution in [0.5, 0.6) is 17.2 Å². The highest BCUT2D eigenvalue weighted by atomic mass is 79.9. The van der Waals surface area contributed by atoms with E-state index in [1.807, 2.05) is 0 Å². The summed E-state index contributed by atoms with van der Waals surface area (Å²) < 4.78 is 71.4. The van der Waals surface area contributed by atoms with Gasteiger partial charge in [-0.1, -0.05) is 12.1 Å². The van der Waals surface area contributed by atoms with E-state index >= 15 is 0 Å². The first-order valence-electron chi connectivity index (χ1n) is 10.5. The first-order valence-corrected chi connectivity index (χ1v) is 11.3. The maximum absolute atomic E-state index is 14.9. The molecule has 0 bridgehead atoms. The van der Waals surface area contributed by atoms with Crippen molar-refractivity contribution in [2.75, 3.05) is 21.3 Å². The molecule has 2 aromatic carbocycles. The Morgan fingerprint density at radius 1 is 1.05 bits per heavy atom. The number of carbonyl (C=O) groups is 1. The third-order valence-corrected chi connectivity index (χ3v) is 5.78. The summed E-state index contributed by atoms with van der Waals surface area (Å²) in [7, 11) is 4.63. The highest BCUT2D eigenvalue weighted by Crippen LogP contribution is 2.37. The number of para-hydroxylation sites is 2. The Bertz CT molecular complexity index is 1470. The first kappa shape index (κ1) is 28.9. The van der Waals surface area contributed by atoms with Gasteiger partial charge in [-0.15, -0.1) is 0 Å². The van der Waals surface area contributed by atoms with E-state index in [-0.39, 0.29) is 36.9 Å². The van der Waals surface area contributed by atoms with Gasteiger partial charge in [-0.05, 0) is 34.1 Å². The van der Waals surface area contributed by atoms with Crippen molar-refractivity contribution >= 4 is 21.8 Å². The zero-order chi connectivity index (χ0) is 28.4. The fourth-order valence-corrected chi connectivity index (χ4v) is 3.59. The third-order valence-electron chi connectivity index (χ3n) is 5.16. The lowest BCUT2D eigenvalue weighted by Crippen LogP contribution is -2.41. The third kappa shape index (κ3) is 5.89. The second kappa shape index (κ2) is 11.4. The van der Waals surface area contributed by atoms with Gasteiger partial charge in [-0.3, -0.25) is 19.0 Å². The number of halogens is 5. The zero-order valence-electron chi connectivity index (χ0n) is 20.2. The van der Waals surface area contributed by atoms with Crippen molar-refractivity contribution < 1.29 is 41.4 Å². The molecule has 0 N–H and O–H groups in total. The Morgan fingerprint density at radius 2 is 1.68 bits per heavy atom. The molecular formula is C23H20BrF4N3O7. The molecule has 0 aliphatic heterocycles. The Morgan fingerprint density at radius 3 is 2.26 bits per heavy atom. The van der Waals surface area contributed by atoms with Crippen LogP contribution in [0.1, 0.15) is 5.69 Å². The average Bonchev–Trinajstić information content (AvgIpc) is 2.86. The predicted molar refractivity (Wildman–Crippen MR) is 128 cm³/mol. The summed E-state index contributed by atoms with van der Waals surface area (Å²) in [6, 6.07) is 8.00. The van der Waals surface area contributed by atoms with E-state index in [1.54, 1.807) is 12.1 Å². The quantitative estimate of drug-likeness (QED) is 0.220. The average molecular weight is 606 g/mol. The lowest BCUT2D eigenvalue weighted by Gasteiger charge is -2.22. The normalized spacial score (nSPS) is 12.2. The van der Waals surface area contributed by atoms with E-state index in [0.29, 0.717) is 0 Å². The van der Waals surface area contributed by atoms with Crippen LogP contribution in [0.4, 0.5) is 17.6 Å². The number of ether oxygens (including phenoxy) is 3.